The first-order valence-corrected chi connectivity index (χ1v) is 6.93. The van der Waals surface area contributed by atoms with Crippen molar-refractivity contribution in [2.75, 3.05) is 0 Å². The molecule has 1 aromatic carbocycles. The van der Waals surface area contributed by atoms with Gasteiger partial charge in [0.2, 0.25) is 0 Å². The summed E-state index contributed by atoms with van der Waals surface area (Å²) < 4.78 is 13.9. The summed E-state index contributed by atoms with van der Waals surface area (Å²) in [5, 5.41) is 10.8. The number of hydrogen-bond acceptors (Lipinski definition) is 1. The Kier molecular flexibility index (Phi) is 3.98. The molecule has 1 saturated carbocycles. The number of rotatable bonds is 2. The van der Waals surface area contributed by atoms with Crippen molar-refractivity contribution in [2.45, 2.75) is 45.1 Å². The Bertz CT molecular complexity index is 423. The second kappa shape index (κ2) is 5.18. The molecule has 0 aliphatic heterocycles. The van der Waals surface area contributed by atoms with E-state index in [1.54, 1.807) is 12.1 Å². The van der Waals surface area contributed by atoms with Gasteiger partial charge in [0.1, 0.15) is 5.82 Å². The number of halogens is 2. The SMILES string of the molecule is CC1CC(C)CC(O)(Cc2cccc(Cl)c2F)C1. The summed E-state index contributed by atoms with van der Waals surface area (Å²) in [6.07, 6.45) is 2.97. The molecule has 0 bridgehead atoms. The molecule has 3 heteroatoms. The van der Waals surface area contributed by atoms with Crippen LogP contribution >= 0.6 is 11.6 Å². The lowest BCUT2D eigenvalue weighted by atomic mass is 9.71. The molecule has 2 unspecified atom stereocenters. The van der Waals surface area contributed by atoms with E-state index in [1.807, 2.05) is 0 Å². The lowest BCUT2D eigenvalue weighted by molar-refractivity contribution is -0.0310. The van der Waals surface area contributed by atoms with Crippen LogP contribution < -0.4 is 0 Å². The first-order chi connectivity index (χ1) is 8.39. The Balaban J connectivity index is 2.19. The predicted octanol–water partition coefficient (Wildman–Crippen LogP) is 4.21. The molecular weight excluding hydrogens is 251 g/mol. The molecule has 0 amide bonds. The van der Waals surface area contributed by atoms with E-state index < -0.39 is 11.4 Å². The molecule has 1 fully saturated rings. The maximum atomic E-state index is 13.9. The van der Waals surface area contributed by atoms with E-state index in [9.17, 15) is 9.50 Å². The van der Waals surface area contributed by atoms with Crippen LogP contribution in [-0.4, -0.2) is 10.7 Å². The topological polar surface area (TPSA) is 20.2 Å². The summed E-state index contributed by atoms with van der Waals surface area (Å²) in [6, 6.07) is 4.99. The maximum absolute atomic E-state index is 13.9. The largest absolute Gasteiger partial charge is 0.390 e. The maximum Gasteiger partial charge on any atom is 0.145 e. The van der Waals surface area contributed by atoms with Crippen molar-refractivity contribution in [1.82, 2.24) is 0 Å². The zero-order valence-corrected chi connectivity index (χ0v) is 11.7. The summed E-state index contributed by atoms with van der Waals surface area (Å²) in [4.78, 5) is 0. The van der Waals surface area contributed by atoms with Crippen molar-refractivity contribution in [1.29, 1.82) is 0 Å². The van der Waals surface area contributed by atoms with Gasteiger partial charge in [0.15, 0.2) is 0 Å². The van der Waals surface area contributed by atoms with E-state index in [1.165, 1.54) is 6.07 Å². The zero-order valence-electron chi connectivity index (χ0n) is 10.9. The highest BCUT2D eigenvalue weighted by atomic mass is 35.5. The van der Waals surface area contributed by atoms with Crippen LogP contribution in [0.5, 0.6) is 0 Å². The molecule has 0 heterocycles. The van der Waals surface area contributed by atoms with Gasteiger partial charge in [0.05, 0.1) is 10.6 Å². The van der Waals surface area contributed by atoms with Gasteiger partial charge in [-0.15, -0.1) is 0 Å². The summed E-state index contributed by atoms with van der Waals surface area (Å²) in [5.41, 5.74) is -0.269. The number of aliphatic hydroxyl groups is 1. The zero-order chi connectivity index (χ0) is 13.3. The van der Waals surface area contributed by atoms with Crippen molar-refractivity contribution in [3.8, 4) is 0 Å². The van der Waals surface area contributed by atoms with E-state index in [0.29, 0.717) is 23.8 Å². The van der Waals surface area contributed by atoms with Gasteiger partial charge in [-0.05, 0) is 42.7 Å². The van der Waals surface area contributed by atoms with Gasteiger partial charge in [-0.25, -0.2) is 4.39 Å². The molecule has 1 aromatic rings. The van der Waals surface area contributed by atoms with Crippen molar-refractivity contribution in [3.05, 3.63) is 34.6 Å². The Morgan fingerprint density at radius 2 is 1.94 bits per heavy atom. The molecule has 0 radical (unpaired) electrons. The highest BCUT2D eigenvalue weighted by Crippen LogP contribution is 2.38. The van der Waals surface area contributed by atoms with E-state index in [4.69, 9.17) is 11.6 Å². The Morgan fingerprint density at radius 1 is 1.33 bits per heavy atom. The third-order valence-electron chi connectivity index (χ3n) is 3.81. The van der Waals surface area contributed by atoms with Crippen molar-refractivity contribution < 1.29 is 9.50 Å². The first kappa shape index (κ1) is 13.8. The highest BCUT2D eigenvalue weighted by molar-refractivity contribution is 6.30. The van der Waals surface area contributed by atoms with E-state index in [0.717, 1.165) is 19.3 Å². The van der Waals surface area contributed by atoms with Gasteiger partial charge in [-0.2, -0.15) is 0 Å². The molecule has 1 aliphatic carbocycles. The Morgan fingerprint density at radius 3 is 2.56 bits per heavy atom. The fraction of sp³-hybridized carbons (Fsp3) is 0.600. The quantitative estimate of drug-likeness (QED) is 0.854. The molecule has 0 aromatic heterocycles. The lowest BCUT2D eigenvalue weighted by Crippen LogP contribution is -2.40. The molecule has 18 heavy (non-hydrogen) atoms. The van der Waals surface area contributed by atoms with Crippen LogP contribution in [-0.2, 0) is 6.42 Å². The molecule has 1 aliphatic rings. The predicted molar refractivity (Wildman–Crippen MR) is 72.2 cm³/mol. The molecule has 2 atom stereocenters. The fourth-order valence-corrected chi connectivity index (χ4v) is 3.61. The van der Waals surface area contributed by atoms with Crippen LogP contribution in [0.3, 0.4) is 0 Å². The standard InChI is InChI=1S/C15H20ClFO/c1-10-6-11(2)8-15(18,7-10)9-12-4-3-5-13(16)14(12)17/h3-5,10-11,18H,6-9H2,1-2H3. The first-order valence-electron chi connectivity index (χ1n) is 6.55. The van der Waals surface area contributed by atoms with E-state index in [2.05, 4.69) is 13.8 Å². The Hall–Kier alpha value is -0.600. The van der Waals surface area contributed by atoms with Crippen molar-refractivity contribution in [3.63, 3.8) is 0 Å². The van der Waals surface area contributed by atoms with Crippen LogP contribution in [0.2, 0.25) is 5.02 Å². The normalized spacial score (nSPS) is 32.5. The minimum Gasteiger partial charge on any atom is -0.390 e. The van der Waals surface area contributed by atoms with Crippen LogP contribution in [0.4, 0.5) is 4.39 Å². The number of benzene rings is 1. The molecule has 0 spiro atoms. The van der Waals surface area contributed by atoms with Crippen LogP contribution in [0.1, 0.15) is 38.7 Å². The second-order valence-electron chi connectivity index (χ2n) is 5.97. The summed E-state index contributed by atoms with van der Waals surface area (Å²) in [6.45, 7) is 4.30. The monoisotopic (exact) mass is 270 g/mol. The molecule has 1 nitrogen and oxygen atoms in total. The lowest BCUT2D eigenvalue weighted by Gasteiger charge is -2.39. The van der Waals surface area contributed by atoms with E-state index in [-0.39, 0.29) is 5.02 Å². The Labute approximate surface area is 113 Å². The average Bonchev–Trinajstić information content (AvgIpc) is 2.22. The third-order valence-corrected chi connectivity index (χ3v) is 4.10. The van der Waals surface area contributed by atoms with Gasteiger partial charge in [-0.3, -0.25) is 0 Å². The smallest absolute Gasteiger partial charge is 0.145 e. The van der Waals surface area contributed by atoms with Gasteiger partial charge in [0, 0.05) is 6.42 Å². The molecule has 2 rings (SSSR count). The van der Waals surface area contributed by atoms with Crippen LogP contribution in [0.15, 0.2) is 18.2 Å². The van der Waals surface area contributed by atoms with Gasteiger partial charge in [-0.1, -0.05) is 37.6 Å². The molecule has 1 N–H and O–H groups in total. The molecular formula is C15H20ClFO. The van der Waals surface area contributed by atoms with Crippen molar-refractivity contribution in [2.24, 2.45) is 11.8 Å². The third kappa shape index (κ3) is 3.04. The molecule has 100 valence electrons. The number of hydrogen-bond donors (Lipinski definition) is 1. The molecule has 0 saturated heterocycles. The van der Waals surface area contributed by atoms with Crippen molar-refractivity contribution >= 4 is 11.6 Å². The summed E-state index contributed by atoms with van der Waals surface area (Å²) in [5.74, 6) is 0.584. The van der Waals surface area contributed by atoms with Crippen LogP contribution in [0, 0.1) is 17.7 Å². The minimum atomic E-state index is -0.789. The minimum absolute atomic E-state index is 0.132. The van der Waals surface area contributed by atoms with Gasteiger partial charge < -0.3 is 5.11 Å². The van der Waals surface area contributed by atoms with Gasteiger partial charge >= 0.3 is 0 Å². The summed E-state index contributed by atoms with van der Waals surface area (Å²) in [7, 11) is 0. The second-order valence-corrected chi connectivity index (χ2v) is 6.38. The highest BCUT2D eigenvalue weighted by Gasteiger charge is 2.36. The van der Waals surface area contributed by atoms with E-state index >= 15 is 0 Å². The summed E-state index contributed by atoms with van der Waals surface area (Å²) >= 11 is 5.78. The fourth-order valence-electron chi connectivity index (χ4n) is 3.42. The van der Waals surface area contributed by atoms with Crippen LogP contribution in [0.25, 0.3) is 0 Å². The van der Waals surface area contributed by atoms with Gasteiger partial charge in [0.25, 0.3) is 0 Å². The average molecular weight is 271 g/mol.